The summed E-state index contributed by atoms with van der Waals surface area (Å²) in [7, 11) is 0. The van der Waals surface area contributed by atoms with E-state index in [1.54, 1.807) is 30.3 Å². The number of aliphatic carboxylic acids is 1. The molecule has 0 heterocycles. The molecule has 1 N–H and O–H groups in total. The molecule has 19 heavy (non-hydrogen) atoms. The van der Waals surface area contributed by atoms with Crippen LogP contribution in [-0.4, -0.2) is 11.1 Å². The molecule has 0 aliphatic rings. The summed E-state index contributed by atoms with van der Waals surface area (Å²) in [5.74, 6) is 0.360. The minimum Gasteiger partial charge on any atom is -0.481 e. The van der Waals surface area contributed by atoms with Crippen molar-refractivity contribution < 1.29 is 14.6 Å². The Balaban J connectivity index is 2.21. The van der Waals surface area contributed by atoms with Gasteiger partial charge in [-0.2, -0.15) is 0 Å². The minimum atomic E-state index is -0.896. The van der Waals surface area contributed by atoms with Crippen LogP contribution in [0.5, 0.6) is 11.5 Å². The van der Waals surface area contributed by atoms with E-state index in [-0.39, 0.29) is 6.42 Å². The van der Waals surface area contributed by atoms with E-state index in [4.69, 9.17) is 9.84 Å². The molecule has 2 aromatic rings. The van der Waals surface area contributed by atoms with Gasteiger partial charge in [-0.05, 0) is 48.0 Å². The second kappa shape index (κ2) is 6.04. The third kappa shape index (κ3) is 3.94. The van der Waals surface area contributed by atoms with Crippen LogP contribution < -0.4 is 4.74 Å². The van der Waals surface area contributed by atoms with E-state index in [0.717, 1.165) is 4.90 Å². The predicted molar refractivity (Wildman–Crippen MR) is 78.8 cm³/mol. The van der Waals surface area contributed by atoms with Crippen LogP contribution in [0.3, 0.4) is 0 Å². The van der Waals surface area contributed by atoms with Crippen molar-refractivity contribution in [1.29, 1.82) is 0 Å². The van der Waals surface area contributed by atoms with Crippen LogP contribution in [0.4, 0.5) is 0 Å². The van der Waals surface area contributed by atoms with Crippen molar-refractivity contribution >= 4 is 31.2 Å². The summed E-state index contributed by atoms with van der Waals surface area (Å²) in [5.41, 5.74) is 0.624. The summed E-state index contributed by atoms with van der Waals surface area (Å²) < 4.78 is 5.65. The Labute approximate surface area is 122 Å². The molecule has 0 aromatic heterocycles. The average molecular weight is 292 g/mol. The Morgan fingerprint density at radius 3 is 2.32 bits per heavy atom. The molecular weight excluding hydrogens is 280 g/mol. The fourth-order valence-corrected chi connectivity index (χ4v) is 1.95. The summed E-state index contributed by atoms with van der Waals surface area (Å²) in [5, 5.41) is 8.82. The molecule has 3 nitrogen and oxygen atoms in total. The lowest BCUT2D eigenvalue weighted by Gasteiger charge is -2.09. The predicted octanol–water partition coefficient (Wildman–Crippen LogP) is 3.68. The van der Waals surface area contributed by atoms with Crippen LogP contribution in [-0.2, 0) is 11.2 Å². The highest BCUT2D eigenvalue weighted by Gasteiger charge is 2.07. The van der Waals surface area contributed by atoms with Crippen molar-refractivity contribution in [3.63, 3.8) is 0 Å². The maximum absolute atomic E-state index is 10.7. The first-order valence-electron chi connectivity index (χ1n) is 5.55. The molecule has 98 valence electrons. The number of thiol groups is 2. The number of hydrogen-bond donors (Lipinski definition) is 3. The highest BCUT2D eigenvalue weighted by atomic mass is 32.1. The molecule has 0 spiro atoms. The number of hydrogen-bond acceptors (Lipinski definition) is 4. The van der Waals surface area contributed by atoms with Gasteiger partial charge in [-0.1, -0.05) is 0 Å². The summed E-state index contributed by atoms with van der Waals surface area (Å²) in [6.07, 6.45) is -0.0778. The summed E-state index contributed by atoms with van der Waals surface area (Å²) >= 11 is 8.42. The number of rotatable bonds is 4. The molecule has 0 saturated carbocycles. The Bertz CT molecular complexity index is 594. The Hall–Kier alpha value is -1.59. The van der Waals surface area contributed by atoms with Crippen LogP contribution in [0.1, 0.15) is 5.56 Å². The molecule has 0 amide bonds. The quantitative estimate of drug-likeness (QED) is 0.753. The zero-order chi connectivity index (χ0) is 13.8. The van der Waals surface area contributed by atoms with Gasteiger partial charge in [0, 0.05) is 9.79 Å². The first-order valence-corrected chi connectivity index (χ1v) is 6.44. The molecule has 0 unspecified atom stereocenters. The van der Waals surface area contributed by atoms with E-state index in [1.165, 1.54) is 0 Å². The van der Waals surface area contributed by atoms with Crippen molar-refractivity contribution in [1.82, 2.24) is 0 Å². The lowest BCUT2D eigenvalue weighted by atomic mass is 10.1. The zero-order valence-electron chi connectivity index (χ0n) is 9.91. The highest BCUT2D eigenvalue weighted by molar-refractivity contribution is 7.80. The van der Waals surface area contributed by atoms with Crippen molar-refractivity contribution in [2.75, 3.05) is 0 Å². The van der Waals surface area contributed by atoms with E-state index >= 15 is 0 Å². The average Bonchev–Trinajstić information content (AvgIpc) is 2.36. The molecule has 2 aromatic carbocycles. The topological polar surface area (TPSA) is 46.5 Å². The van der Waals surface area contributed by atoms with E-state index in [1.807, 2.05) is 12.1 Å². The fraction of sp³-hybridized carbons (Fsp3) is 0.0714. The normalized spacial score (nSPS) is 10.2. The molecule has 0 fully saturated rings. The van der Waals surface area contributed by atoms with Gasteiger partial charge < -0.3 is 9.84 Å². The van der Waals surface area contributed by atoms with Crippen LogP contribution in [0.2, 0.25) is 0 Å². The second-order valence-corrected chi connectivity index (χ2v) is 4.96. The molecule has 0 atom stereocenters. The number of carboxylic acids is 1. The summed E-state index contributed by atoms with van der Waals surface area (Å²) in [6, 6.07) is 12.4. The number of ether oxygens (including phenoxy) is 1. The van der Waals surface area contributed by atoms with Crippen molar-refractivity contribution in [3.8, 4) is 11.5 Å². The van der Waals surface area contributed by atoms with Crippen molar-refractivity contribution in [2.45, 2.75) is 16.2 Å². The highest BCUT2D eigenvalue weighted by Crippen LogP contribution is 2.26. The summed E-state index contributed by atoms with van der Waals surface area (Å²) in [6.45, 7) is 0. The maximum atomic E-state index is 10.7. The van der Waals surface area contributed by atoms with E-state index in [2.05, 4.69) is 25.3 Å². The van der Waals surface area contributed by atoms with Gasteiger partial charge in [0.05, 0.1) is 6.42 Å². The van der Waals surface area contributed by atoms with Gasteiger partial charge in [0.2, 0.25) is 0 Å². The van der Waals surface area contributed by atoms with Crippen molar-refractivity contribution in [3.05, 3.63) is 48.0 Å². The molecule has 0 aliphatic carbocycles. The third-order valence-corrected chi connectivity index (χ3v) is 3.20. The number of benzene rings is 2. The van der Waals surface area contributed by atoms with Crippen LogP contribution in [0, 0.1) is 0 Å². The molecular formula is C14H12O3S2. The van der Waals surface area contributed by atoms with Gasteiger partial charge in [0.25, 0.3) is 0 Å². The van der Waals surface area contributed by atoms with Gasteiger partial charge >= 0.3 is 5.97 Å². The molecule has 0 saturated heterocycles. The first kappa shape index (κ1) is 13.8. The molecule has 0 radical (unpaired) electrons. The molecule has 2 rings (SSSR count). The minimum absolute atomic E-state index is 0.0778. The van der Waals surface area contributed by atoms with E-state index in [9.17, 15) is 4.79 Å². The van der Waals surface area contributed by atoms with Gasteiger partial charge in [-0.3, -0.25) is 4.79 Å². The maximum Gasteiger partial charge on any atom is 0.307 e. The smallest absolute Gasteiger partial charge is 0.307 e. The van der Waals surface area contributed by atoms with E-state index in [0.29, 0.717) is 22.0 Å². The third-order valence-electron chi connectivity index (χ3n) is 2.47. The number of carboxylic acid groups (broad SMARTS) is 1. The Morgan fingerprint density at radius 1 is 1.05 bits per heavy atom. The van der Waals surface area contributed by atoms with Gasteiger partial charge in [-0.15, -0.1) is 25.3 Å². The Kier molecular flexibility index (Phi) is 4.39. The van der Waals surface area contributed by atoms with Crippen LogP contribution in [0.25, 0.3) is 0 Å². The monoisotopic (exact) mass is 292 g/mol. The fourth-order valence-electron chi connectivity index (χ4n) is 1.58. The largest absolute Gasteiger partial charge is 0.481 e. The van der Waals surface area contributed by atoms with Gasteiger partial charge in [0.15, 0.2) is 0 Å². The lowest BCUT2D eigenvalue weighted by molar-refractivity contribution is -0.136. The standard InChI is InChI=1S/C14H12O3S2/c15-14(16)8-9-7-11(3-6-13(9)19)17-10-1-4-12(18)5-2-10/h1-7,18-19H,8H2,(H,15,16). The first-order chi connectivity index (χ1) is 9.04. The summed E-state index contributed by atoms with van der Waals surface area (Å²) in [4.78, 5) is 12.2. The van der Waals surface area contributed by atoms with E-state index < -0.39 is 5.97 Å². The van der Waals surface area contributed by atoms with Crippen LogP contribution >= 0.6 is 25.3 Å². The van der Waals surface area contributed by atoms with Crippen molar-refractivity contribution in [2.24, 2.45) is 0 Å². The molecule has 0 aliphatic heterocycles. The zero-order valence-corrected chi connectivity index (χ0v) is 11.7. The van der Waals surface area contributed by atoms with Crippen LogP contribution in [0.15, 0.2) is 52.3 Å². The number of carbonyl (C=O) groups is 1. The molecule has 5 heteroatoms. The molecule has 0 bridgehead atoms. The SMILES string of the molecule is O=C(O)Cc1cc(Oc2ccc(S)cc2)ccc1S. The Morgan fingerprint density at radius 2 is 1.68 bits per heavy atom. The van der Waals surface area contributed by atoms with Gasteiger partial charge in [-0.25, -0.2) is 0 Å². The second-order valence-electron chi connectivity index (χ2n) is 3.96. The lowest BCUT2D eigenvalue weighted by Crippen LogP contribution is -2.01. The van der Waals surface area contributed by atoms with Gasteiger partial charge in [0.1, 0.15) is 11.5 Å².